The van der Waals surface area contributed by atoms with E-state index < -0.39 is 6.04 Å². The lowest BCUT2D eigenvalue weighted by Gasteiger charge is -2.29. The first-order chi connectivity index (χ1) is 13.3. The summed E-state index contributed by atoms with van der Waals surface area (Å²) in [5, 5.41) is 2.95. The SMILES string of the molecule is Cc1cccc(CC(=O)N(Cc2cccc(Br)c2)C(C)C(=O)NCC(C)C)c1. The van der Waals surface area contributed by atoms with Crippen molar-refractivity contribution in [1.29, 1.82) is 0 Å². The van der Waals surface area contributed by atoms with Gasteiger partial charge in [-0.15, -0.1) is 0 Å². The maximum atomic E-state index is 13.1. The van der Waals surface area contributed by atoms with Gasteiger partial charge in [0.1, 0.15) is 6.04 Å². The molecule has 2 amide bonds. The van der Waals surface area contributed by atoms with Crippen molar-refractivity contribution < 1.29 is 9.59 Å². The molecule has 0 saturated heterocycles. The topological polar surface area (TPSA) is 49.4 Å². The first kappa shape index (κ1) is 22.2. The Kier molecular flexibility index (Phi) is 8.24. The zero-order valence-corrected chi connectivity index (χ0v) is 18.6. The van der Waals surface area contributed by atoms with E-state index in [0.29, 0.717) is 19.0 Å². The van der Waals surface area contributed by atoms with Gasteiger partial charge in [0.25, 0.3) is 0 Å². The summed E-state index contributed by atoms with van der Waals surface area (Å²) in [5.74, 6) is 0.178. The van der Waals surface area contributed by atoms with E-state index >= 15 is 0 Å². The third-order valence-electron chi connectivity index (χ3n) is 4.53. The molecule has 1 N–H and O–H groups in total. The van der Waals surface area contributed by atoms with Gasteiger partial charge in [0.15, 0.2) is 0 Å². The normalized spacial score (nSPS) is 11.9. The van der Waals surface area contributed by atoms with Crippen LogP contribution in [0.1, 0.15) is 37.5 Å². The maximum absolute atomic E-state index is 13.1. The number of rotatable bonds is 8. The molecule has 0 spiro atoms. The molecule has 0 fully saturated rings. The molecule has 2 aromatic rings. The van der Waals surface area contributed by atoms with Crippen LogP contribution < -0.4 is 5.32 Å². The fourth-order valence-corrected chi connectivity index (χ4v) is 3.41. The molecule has 0 aromatic heterocycles. The lowest BCUT2D eigenvalue weighted by molar-refractivity contribution is -0.140. The average molecular weight is 445 g/mol. The van der Waals surface area contributed by atoms with Crippen LogP contribution >= 0.6 is 15.9 Å². The van der Waals surface area contributed by atoms with Gasteiger partial charge in [-0.05, 0) is 43.0 Å². The Morgan fingerprint density at radius 2 is 1.71 bits per heavy atom. The molecule has 5 heteroatoms. The van der Waals surface area contributed by atoms with Crippen molar-refractivity contribution >= 4 is 27.7 Å². The highest BCUT2D eigenvalue weighted by molar-refractivity contribution is 9.10. The first-order valence-corrected chi connectivity index (χ1v) is 10.4. The van der Waals surface area contributed by atoms with Crippen LogP contribution in [0, 0.1) is 12.8 Å². The summed E-state index contributed by atoms with van der Waals surface area (Å²) < 4.78 is 0.952. The Morgan fingerprint density at radius 1 is 1.04 bits per heavy atom. The summed E-state index contributed by atoms with van der Waals surface area (Å²) in [6.45, 7) is 8.89. The Labute approximate surface area is 176 Å². The molecule has 0 radical (unpaired) electrons. The monoisotopic (exact) mass is 444 g/mol. The molecule has 0 bridgehead atoms. The highest BCUT2D eigenvalue weighted by Gasteiger charge is 2.26. The standard InChI is InChI=1S/C23H29BrN2O2/c1-16(2)14-25-23(28)18(4)26(15-20-9-6-10-21(24)12-20)22(27)13-19-8-5-7-17(3)11-19/h5-12,16,18H,13-15H2,1-4H3,(H,25,28). The van der Waals surface area contributed by atoms with Crippen LogP contribution in [-0.4, -0.2) is 29.3 Å². The quantitative estimate of drug-likeness (QED) is 0.651. The molecular weight excluding hydrogens is 416 g/mol. The molecule has 0 aliphatic carbocycles. The molecule has 1 atom stereocenters. The third-order valence-corrected chi connectivity index (χ3v) is 5.02. The molecule has 0 heterocycles. The minimum absolute atomic E-state index is 0.0576. The van der Waals surface area contributed by atoms with E-state index in [-0.39, 0.29) is 18.2 Å². The molecule has 4 nitrogen and oxygen atoms in total. The molecule has 0 aliphatic rings. The van der Waals surface area contributed by atoms with E-state index in [1.54, 1.807) is 11.8 Å². The van der Waals surface area contributed by atoms with Gasteiger partial charge in [-0.3, -0.25) is 9.59 Å². The number of nitrogens with zero attached hydrogens (tertiary/aromatic N) is 1. The predicted molar refractivity (Wildman–Crippen MR) is 117 cm³/mol. The van der Waals surface area contributed by atoms with E-state index in [1.165, 1.54) is 0 Å². The molecule has 28 heavy (non-hydrogen) atoms. The number of hydrogen-bond donors (Lipinski definition) is 1. The van der Waals surface area contributed by atoms with Crippen molar-refractivity contribution in [2.45, 2.75) is 46.7 Å². The summed E-state index contributed by atoms with van der Waals surface area (Å²) in [6, 6.07) is 15.2. The number of aryl methyl sites for hydroxylation is 1. The summed E-state index contributed by atoms with van der Waals surface area (Å²) in [4.78, 5) is 27.4. The molecule has 2 aromatic carbocycles. The largest absolute Gasteiger partial charge is 0.354 e. The van der Waals surface area contributed by atoms with Crippen LogP contribution in [0.15, 0.2) is 53.0 Å². The third kappa shape index (κ3) is 6.79. The number of benzene rings is 2. The minimum Gasteiger partial charge on any atom is -0.354 e. The van der Waals surface area contributed by atoms with Gasteiger partial charge in [0.2, 0.25) is 11.8 Å². The Morgan fingerprint density at radius 3 is 2.36 bits per heavy atom. The highest BCUT2D eigenvalue weighted by atomic mass is 79.9. The van der Waals surface area contributed by atoms with E-state index in [1.807, 2.05) is 69.3 Å². The summed E-state index contributed by atoms with van der Waals surface area (Å²) in [7, 11) is 0. The number of amides is 2. The molecule has 0 aliphatic heterocycles. The van der Waals surface area contributed by atoms with Gasteiger partial charge in [-0.1, -0.05) is 71.7 Å². The molecule has 0 saturated carbocycles. The maximum Gasteiger partial charge on any atom is 0.242 e. The fourth-order valence-electron chi connectivity index (χ4n) is 2.97. The van der Waals surface area contributed by atoms with E-state index in [9.17, 15) is 9.59 Å². The second-order valence-electron chi connectivity index (χ2n) is 7.63. The summed E-state index contributed by atoms with van der Waals surface area (Å²) in [5.41, 5.74) is 3.06. The zero-order valence-electron chi connectivity index (χ0n) is 17.0. The van der Waals surface area contributed by atoms with E-state index in [2.05, 4.69) is 21.2 Å². The predicted octanol–water partition coefficient (Wildman–Crippen LogP) is 4.49. The fraction of sp³-hybridized carbons (Fsp3) is 0.391. The van der Waals surface area contributed by atoms with Gasteiger partial charge in [0, 0.05) is 17.6 Å². The van der Waals surface area contributed by atoms with E-state index in [4.69, 9.17) is 0 Å². The smallest absolute Gasteiger partial charge is 0.242 e. The van der Waals surface area contributed by atoms with Crippen LogP contribution in [0.5, 0.6) is 0 Å². The Bertz CT molecular complexity index is 820. The van der Waals surface area contributed by atoms with E-state index in [0.717, 1.165) is 21.2 Å². The van der Waals surface area contributed by atoms with Crippen molar-refractivity contribution in [2.24, 2.45) is 5.92 Å². The lowest BCUT2D eigenvalue weighted by Crippen LogP contribution is -2.48. The lowest BCUT2D eigenvalue weighted by atomic mass is 10.1. The van der Waals surface area contributed by atoms with Gasteiger partial charge in [-0.25, -0.2) is 0 Å². The van der Waals surface area contributed by atoms with Crippen molar-refractivity contribution in [1.82, 2.24) is 10.2 Å². The number of hydrogen-bond acceptors (Lipinski definition) is 2. The Balaban J connectivity index is 2.21. The van der Waals surface area contributed by atoms with Crippen LogP contribution in [0.2, 0.25) is 0 Å². The minimum atomic E-state index is -0.546. The summed E-state index contributed by atoms with van der Waals surface area (Å²) >= 11 is 3.47. The summed E-state index contributed by atoms with van der Waals surface area (Å²) in [6.07, 6.45) is 0.275. The number of carbonyl (C=O) groups excluding carboxylic acids is 2. The zero-order chi connectivity index (χ0) is 20.7. The van der Waals surface area contributed by atoms with Crippen molar-refractivity contribution in [2.75, 3.05) is 6.54 Å². The first-order valence-electron chi connectivity index (χ1n) is 9.63. The molecular formula is C23H29BrN2O2. The van der Waals surface area contributed by atoms with Crippen LogP contribution in [0.3, 0.4) is 0 Å². The number of carbonyl (C=O) groups is 2. The molecule has 150 valence electrons. The highest BCUT2D eigenvalue weighted by Crippen LogP contribution is 2.17. The van der Waals surface area contributed by atoms with Crippen molar-refractivity contribution in [3.63, 3.8) is 0 Å². The van der Waals surface area contributed by atoms with Crippen molar-refractivity contribution in [3.05, 3.63) is 69.7 Å². The average Bonchev–Trinajstić information content (AvgIpc) is 2.63. The van der Waals surface area contributed by atoms with Gasteiger partial charge >= 0.3 is 0 Å². The molecule has 1 unspecified atom stereocenters. The van der Waals surface area contributed by atoms with Crippen molar-refractivity contribution in [3.8, 4) is 0 Å². The van der Waals surface area contributed by atoms with Crippen LogP contribution in [0.4, 0.5) is 0 Å². The number of nitrogens with one attached hydrogen (secondary N) is 1. The van der Waals surface area contributed by atoms with Gasteiger partial charge < -0.3 is 10.2 Å². The van der Waals surface area contributed by atoms with Gasteiger partial charge in [-0.2, -0.15) is 0 Å². The second-order valence-corrected chi connectivity index (χ2v) is 8.55. The van der Waals surface area contributed by atoms with Gasteiger partial charge in [0.05, 0.1) is 6.42 Å². The Hall–Kier alpha value is -2.14. The molecule has 2 rings (SSSR count). The second kappa shape index (κ2) is 10.4. The van der Waals surface area contributed by atoms with Crippen LogP contribution in [-0.2, 0) is 22.6 Å². The van der Waals surface area contributed by atoms with Crippen LogP contribution in [0.25, 0.3) is 0 Å². The number of halogens is 1.